The number of para-hydroxylation sites is 1. The summed E-state index contributed by atoms with van der Waals surface area (Å²) >= 11 is 0. The molecule has 0 saturated carbocycles. The summed E-state index contributed by atoms with van der Waals surface area (Å²) < 4.78 is 14.3. The number of anilines is 2. The van der Waals surface area contributed by atoms with Gasteiger partial charge in [0.15, 0.2) is 5.82 Å². The van der Waals surface area contributed by atoms with Gasteiger partial charge in [-0.15, -0.1) is 0 Å². The monoisotopic (exact) mass is 355 g/mol. The number of nitrogens with zero attached hydrogens (tertiary/aromatic N) is 3. The van der Waals surface area contributed by atoms with E-state index in [0.717, 1.165) is 21.9 Å². The Bertz CT molecular complexity index is 1260. The summed E-state index contributed by atoms with van der Waals surface area (Å²) in [4.78, 5) is 16.3. The molecule has 0 aliphatic rings. The van der Waals surface area contributed by atoms with Crippen molar-refractivity contribution in [3.05, 3.63) is 79.0 Å². The van der Waals surface area contributed by atoms with Crippen LogP contribution in [0.5, 0.6) is 0 Å². The Morgan fingerprint density at radius 1 is 0.926 bits per heavy atom. The van der Waals surface area contributed by atoms with E-state index in [0.29, 0.717) is 22.8 Å². The Hall–Kier alpha value is -3.80. The van der Waals surface area contributed by atoms with Gasteiger partial charge in [-0.25, -0.2) is 14.4 Å². The third-order valence-corrected chi connectivity index (χ3v) is 4.42. The Morgan fingerprint density at radius 3 is 2.67 bits per heavy atom. The zero-order chi connectivity index (χ0) is 18.2. The average Bonchev–Trinajstić information content (AvgIpc) is 3.18. The molecule has 0 amide bonds. The second-order valence-corrected chi connectivity index (χ2v) is 6.17. The number of halogens is 1. The van der Waals surface area contributed by atoms with Gasteiger partial charge < -0.3 is 10.3 Å². The molecule has 0 fully saturated rings. The minimum absolute atomic E-state index is 0.312. The fourth-order valence-electron chi connectivity index (χ4n) is 3.14. The standard InChI is InChI=1S/C21H14FN5/c22-17-12-15(11-14-7-10-24-19(14)17)25-21-16-3-1-2-4-18(16)26-20(27-21)13-5-8-23-9-6-13/h1-12,24H,(H,25,26,27). The summed E-state index contributed by atoms with van der Waals surface area (Å²) in [6.45, 7) is 0. The molecule has 0 aliphatic carbocycles. The SMILES string of the molecule is Fc1cc(Nc2nc(-c3ccncc3)nc3ccccc23)cc2cc[nH]c12. The Morgan fingerprint density at radius 2 is 1.78 bits per heavy atom. The van der Waals surface area contributed by atoms with E-state index in [9.17, 15) is 4.39 Å². The molecule has 3 heterocycles. The number of hydrogen-bond donors (Lipinski definition) is 2. The van der Waals surface area contributed by atoms with Gasteiger partial charge in [0.1, 0.15) is 11.6 Å². The van der Waals surface area contributed by atoms with E-state index < -0.39 is 0 Å². The molecule has 27 heavy (non-hydrogen) atoms. The highest BCUT2D eigenvalue weighted by molar-refractivity contribution is 5.93. The van der Waals surface area contributed by atoms with Crippen molar-refractivity contribution in [3.63, 3.8) is 0 Å². The van der Waals surface area contributed by atoms with Crippen LogP contribution in [0.3, 0.4) is 0 Å². The minimum atomic E-state index is -0.312. The highest BCUT2D eigenvalue weighted by Gasteiger charge is 2.11. The van der Waals surface area contributed by atoms with Crippen molar-refractivity contribution in [3.8, 4) is 11.4 Å². The number of hydrogen-bond acceptors (Lipinski definition) is 4. The second kappa shape index (κ2) is 6.17. The Labute approximate surface area is 153 Å². The minimum Gasteiger partial charge on any atom is -0.359 e. The van der Waals surface area contributed by atoms with Gasteiger partial charge >= 0.3 is 0 Å². The maximum Gasteiger partial charge on any atom is 0.162 e. The molecule has 0 unspecified atom stereocenters. The first-order valence-electron chi connectivity index (χ1n) is 8.49. The molecule has 0 saturated heterocycles. The Balaban J connectivity index is 1.66. The van der Waals surface area contributed by atoms with Crippen LogP contribution < -0.4 is 5.32 Å². The number of rotatable bonds is 3. The molecule has 5 rings (SSSR count). The molecule has 0 bridgehead atoms. The van der Waals surface area contributed by atoms with E-state index in [1.165, 1.54) is 6.07 Å². The normalized spacial score (nSPS) is 11.1. The summed E-state index contributed by atoms with van der Waals surface area (Å²) in [6, 6.07) is 16.6. The van der Waals surface area contributed by atoms with Crippen LogP contribution >= 0.6 is 0 Å². The molecule has 2 aromatic carbocycles. The quantitative estimate of drug-likeness (QED) is 0.475. The van der Waals surface area contributed by atoms with E-state index in [1.54, 1.807) is 18.6 Å². The number of benzene rings is 2. The first-order chi connectivity index (χ1) is 13.3. The molecule has 0 aliphatic heterocycles. The van der Waals surface area contributed by atoms with Crippen LogP contribution in [0.1, 0.15) is 0 Å². The van der Waals surface area contributed by atoms with Gasteiger partial charge in [0.25, 0.3) is 0 Å². The number of aromatic amines is 1. The van der Waals surface area contributed by atoms with E-state index >= 15 is 0 Å². The smallest absolute Gasteiger partial charge is 0.162 e. The van der Waals surface area contributed by atoms with Gasteiger partial charge in [0.05, 0.1) is 11.0 Å². The van der Waals surface area contributed by atoms with Gasteiger partial charge in [-0.1, -0.05) is 12.1 Å². The van der Waals surface area contributed by atoms with Crippen LogP contribution in [0.25, 0.3) is 33.2 Å². The topological polar surface area (TPSA) is 66.5 Å². The van der Waals surface area contributed by atoms with Crippen LogP contribution in [0.15, 0.2) is 73.2 Å². The van der Waals surface area contributed by atoms with Gasteiger partial charge in [-0.05, 0) is 42.5 Å². The largest absolute Gasteiger partial charge is 0.359 e. The number of pyridine rings is 1. The molecular weight excluding hydrogens is 341 g/mol. The van der Waals surface area contributed by atoms with E-state index in [-0.39, 0.29) is 5.82 Å². The zero-order valence-corrected chi connectivity index (χ0v) is 14.1. The maximum atomic E-state index is 14.3. The second-order valence-electron chi connectivity index (χ2n) is 6.17. The third-order valence-electron chi connectivity index (χ3n) is 4.42. The van der Waals surface area contributed by atoms with E-state index in [1.807, 2.05) is 48.5 Å². The maximum absolute atomic E-state index is 14.3. The number of aromatic nitrogens is 4. The van der Waals surface area contributed by atoms with Gasteiger partial charge in [0, 0.05) is 40.6 Å². The van der Waals surface area contributed by atoms with Gasteiger partial charge in [0.2, 0.25) is 0 Å². The summed E-state index contributed by atoms with van der Waals surface area (Å²) in [6.07, 6.45) is 5.13. The molecule has 0 spiro atoms. The molecule has 5 aromatic rings. The summed E-state index contributed by atoms with van der Waals surface area (Å²) in [5.74, 6) is 0.899. The molecule has 0 atom stereocenters. The lowest BCUT2D eigenvalue weighted by molar-refractivity contribution is 0.638. The Kier molecular flexibility index (Phi) is 3.53. The summed E-state index contributed by atoms with van der Waals surface area (Å²) in [5.41, 5.74) is 2.80. The number of H-pyrrole nitrogens is 1. The lowest BCUT2D eigenvalue weighted by Gasteiger charge is -2.11. The first-order valence-corrected chi connectivity index (χ1v) is 8.49. The predicted octanol–water partition coefficient (Wildman–Crippen LogP) is 5.06. The van der Waals surface area contributed by atoms with Crippen molar-refractivity contribution in [2.45, 2.75) is 0 Å². The average molecular weight is 355 g/mol. The molecule has 6 heteroatoms. The molecule has 2 N–H and O–H groups in total. The first kappa shape index (κ1) is 15.5. The molecule has 130 valence electrons. The van der Waals surface area contributed by atoms with Crippen LogP contribution in [0, 0.1) is 5.82 Å². The molecule has 5 nitrogen and oxygen atoms in total. The van der Waals surface area contributed by atoms with Crippen LogP contribution in [0.2, 0.25) is 0 Å². The number of fused-ring (bicyclic) bond motifs is 2. The molecule has 0 radical (unpaired) electrons. The summed E-state index contributed by atoms with van der Waals surface area (Å²) in [7, 11) is 0. The fraction of sp³-hybridized carbons (Fsp3) is 0. The van der Waals surface area contributed by atoms with Crippen molar-refractivity contribution in [1.29, 1.82) is 0 Å². The van der Waals surface area contributed by atoms with Gasteiger partial charge in [-0.2, -0.15) is 0 Å². The predicted molar refractivity (Wildman–Crippen MR) is 104 cm³/mol. The van der Waals surface area contributed by atoms with E-state index in [4.69, 9.17) is 0 Å². The van der Waals surface area contributed by atoms with Gasteiger partial charge in [-0.3, -0.25) is 4.98 Å². The van der Waals surface area contributed by atoms with Crippen LogP contribution in [-0.4, -0.2) is 19.9 Å². The fourth-order valence-corrected chi connectivity index (χ4v) is 3.14. The van der Waals surface area contributed by atoms with E-state index in [2.05, 4.69) is 25.3 Å². The lowest BCUT2D eigenvalue weighted by atomic mass is 10.2. The van der Waals surface area contributed by atoms with Crippen LogP contribution in [-0.2, 0) is 0 Å². The van der Waals surface area contributed by atoms with Crippen molar-refractivity contribution >= 4 is 33.3 Å². The van der Waals surface area contributed by atoms with Crippen molar-refractivity contribution in [1.82, 2.24) is 19.9 Å². The van der Waals surface area contributed by atoms with Crippen molar-refractivity contribution in [2.75, 3.05) is 5.32 Å². The molecule has 3 aromatic heterocycles. The lowest BCUT2D eigenvalue weighted by Crippen LogP contribution is -2.00. The highest BCUT2D eigenvalue weighted by Crippen LogP contribution is 2.29. The third kappa shape index (κ3) is 2.77. The van der Waals surface area contributed by atoms with Crippen LogP contribution in [0.4, 0.5) is 15.9 Å². The van der Waals surface area contributed by atoms with Crippen molar-refractivity contribution in [2.24, 2.45) is 0 Å². The summed E-state index contributed by atoms with van der Waals surface area (Å²) in [5, 5.41) is 4.92. The highest BCUT2D eigenvalue weighted by atomic mass is 19.1. The molecular formula is C21H14FN5. The number of nitrogens with one attached hydrogen (secondary N) is 2. The van der Waals surface area contributed by atoms with Crippen molar-refractivity contribution < 1.29 is 4.39 Å². The zero-order valence-electron chi connectivity index (χ0n) is 14.1.